The molecular formula is C24H28FN5O4. The van der Waals surface area contributed by atoms with Crippen LogP contribution in [0.3, 0.4) is 0 Å². The third-order valence-corrected chi connectivity index (χ3v) is 6.40. The number of nitrogens with one attached hydrogen (secondary N) is 1. The maximum Gasteiger partial charge on any atom is 0.293 e. The SMILES string of the molecule is CC(=O)N1CCN(c2ccc(C(=O)Nc3cc(F)ccc3N3CCCCC3)cc2[N+](=O)[O-])CC1. The van der Waals surface area contributed by atoms with Crippen LogP contribution in [0.2, 0.25) is 0 Å². The predicted octanol–water partition coefficient (Wildman–Crippen LogP) is 3.65. The van der Waals surface area contributed by atoms with Crippen LogP contribution in [0.4, 0.5) is 27.1 Å². The summed E-state index contributed by atoms with van der Waals surface area (Å²) in [5, 5.41) is 14.5. The van der Waals surface area contributed by atoms with E-state index in [0.29, 0.717) is 37.6 Å². The van der Waals surface area contributed by atoms with Crippen molar-refractivity contribution in [3.63, 3.8) is 0 Å². The molecule has 9 nitrogen and oxygen atoms in total. The molecule has 0 spiro atoms. The molecule has 0 aliphatic carbocycles. The van der Waals surface area contributed by atoms with Crippen molar-refractivity contribution in [2.24, 2.45) is 0 Å². The highest BCUT2D eigenvalue weighted by Gasteiger charge is 2.26. The molecule has 10 heteroatoms. The van der Waals surface area contributed by atoms with Crippen LogP contribution in [0, 0.1) is 15.9 Å². The van der Waals surface area contributed by atoms with Gasteiger partial charge in [0.15, 0.2) is 0 Å². The van der Waals surface area contributed by atoms with Crippen LogP contribution in [0.5, 0.6) is 0 Å². The normalized spacial score (nSPS) is 16.4. The number of nitrogens with zero attached hydrogens (tertiary/aromatic N) is 4. The molecule has 4 rings (SSSR count). The number of hydrogen-bond donors (Lipinski definition) is 1. The van der Waals surface area contributed by atoms with Crippen molar-refractivity contribution in [3.05, 3.63) is 57.9 Å². The monoisotopic (exact) mass is 469 g/mol. The van der Waals surface area contributed by atoms with E-state index in [-0.39, 0.29) is 17.2 Å². The fourth-order valence-electron chi connectivity index (χ4n) is 4.55. The zero-order valence-corrected chi connectivity index (χ0v) is 19.1. The Hall–Kier alpha value is -3.69. The van der Waals surface area contributed by atoms with Gasteiger partial charge in [-0.25, -0.2) is 4.39 Å². The summed E-state index contributed by atoms with van der Waals surface area (Å²) in [6.07, 6.45) is 3.19. The first-order valence-corrected chi connectivity index (χ1v) is 11.5. The van der Waals surface area contributed by atoms with Gasteiger partial charge in [0.25, 0.3) is 11.6 Å². The third-order valence-electron chi connectivity index (χ3n) is 6.40. The second-order valence-corrected chi connectivity index (χ2v) is 8.62. The fraction of sp³-hybridized carbons (Fsp3) is 0.417. The average Bonchev–Trinajstić information content (AvgIpc) is 2.84. The van der Waals surface area contributed by atoms with E-state index in [1.54, 1.807) is 17.0 Å². The summed E-state index contributed by atoms with van der Waals surface area (Å²) in [4.78, 5) is 41.5. The number of piperidine rings is 1. The predicted molar refractivity (Wildman–Crippen MR) is 128 cm³/mol. The molecule has 2 aromatic carbocycles. The van der Waals surface area contributed by atoms with Crippen LogP contribution >= 0.6 is 0 Å². The molecule has 0 radical (unpaired) electrons. The van der Waals surface area contributed by atoms with Gasteiger partial charge in [-0.1, -0.05) is 0 Å². The van der Waals surface area contributed by atoms with Gasteiger partial charge in [-0.2, -0.15) is 0 Å². The minimum atomic E-state index is -0.542. The van der Waals surface area contributed by atoms with Crippen molar-refractivity contribution in [3.8, 4) is 0 Å². The Balaban J connectivity index is 1.55. The number of carbonyl (C=O) groups is 2. The highest BCUT2D eigenvalue weighted by molar-refractivity contribution is 6.06. The summed E-state index contributed by atoms with van der Waals surface area (Å²) in [7, 11) is 0. The van der Waals surface area contributed by atoms with Gasteiger partial charge in [-0.15, -0.1) is 0 Å². The van der Waals surface area contributed by atoms with Gasteiger partial charge in [-0.05, 0) is 49.6 Å². The number of nitro benzene ring substituents is 1. The molecule has 0 unspecified atom stereocenters. The molecule has 0 atom stereocenters. The highest BCUT2D eigenvalue weighted by atomic mass is 19.1. The van der Waals surface area contributed by atoms with Gasteiger partial charge < -0.3 is 20.0 Å². The lowest BCUT2D eigenvalue weighted by molar-refractivity contribution is -0.384. The first kappa shape index (κ1) is 23.5. The van der Waals surface area contributed by atoms with Gasteiger partial charge in [0.05, 0.1) is 16.3 Å². The second-order valence-electron chi connectivity index (χ2n) is 8.62. The van der Waals surface area contributed by atoms with Crippen LogP contribution < -0.4 is 15.1 Å². The zero-order chi connectivity index (χ0) is 24.2. The fourth-order valence-corrected chi connectivity index (χ4v) is 4.55. The Kier molecular flexibility index (Phi) is 6.95. The van der Waals surface area contributed by atoms with Crippen LogP contribution in [-0.2, 0) is 4.79 Å². The number of hydrogen-bond acceptors (Lipinski definition) is 6. The molecule has 2 fully saturated rings. The standard InChI is InChI=1S/C24H28FN5O4/c1-17(31)27-11-13-29(14-12-27)22-7-5-18(15-23(22)30(33)34)24(32)26-20-16-19(25)6-8-21(20)28-9-3-2-4-10-28/h5-8,15-16H,2-4,9-14H2,1H3,(H,26,32). The highest BCUT2D eigenvalue weighted by Crippen LogP contribution is 2.32. The van der Waals surface area contributed by atoms with Gasteiger partial charge in [0, 0.05) is 57.8 Å². The Bertz CT molecular complexity index is 1090. The van der Waals surface area contributed by atoms with E-state index >= 15 is 0 Å². The topological polar surface area (TPSA) is 99.0 Å². The number of amides is 2. The Labute approximate surface area is 197 Å². The number of anilines is 3. The maximum atomic E-state index is 14.0. The van der Waals surface area contributed by atoms with E-state index in [1.165, 1.54) is 31.2 Å². The average molecular weight is 470 g/mol. The number of carbonyl (C=O) groups excluding carboxylic acids is 2. The molecule has 2 aliphatic heterocycles. The molecule has 2 heterocycles. The summed E-state index contributed by atoms with van der Waals surface area (Å²) in [5.41, 5.74) is 1.43. The van der Waals surface area contributed by atoms with E-state index in [2.05, 4.69) is 10.2 Å². The largest absolute Gasteiger partial charge is 0.370 e. The third kappa shape index (κ3) is 5.11. The lowest BCUT2D eigenvalue weighted by Crippen LogP contribution is -2.48. The molecule has 1 N–H and O–H groups in total. The molecular weight excluding hydrogens is 441 g/mol. The zero-order valence-electron chi connectivity index (χ0n) is 19.1. The number of benzene rings is 2. The summed E-state index contributed by atoms with van der Waals surface area (Å²) in [6, 6.07) is 8.65. The van der Waals surface area contributed by atoms with E-state index in [1.807, 2.05) is 4.90 Å². The molecule has 34 heavy (non-hydrogen) atoms. The summed E-state index contributed by atoms with van der Waals surface area (Å²) < 4.78 is 14.0. The summed E-state index contributed by atoms with van der Waals surface area (Å²) in [6.45, 7) is 5.04. The molecule has 0 bridgehead atoms. The Morgan fingerprint density at radius 2 is 1.56 bits per heavy atom. The van der Waals surface area contributed by atoms with Crippen molar-refractivity contribution in [1.29, 1.82) is 0 Å². The molecule has 0 saturated carbocycles. The maximum absolute atomic E-state index is 14.0. The van der Waals surface area contributed by atoms with Gasteiger partial charge >= 0.3 is 0 Å². The molecule has 2 saturated heterocycles. The number of rotatable bonds is 5. The van der Waals surface area contributed by atoms with Gasteiger partial charge in [0.2, 0.25) is 5.91 Å². The van der Waals surface area contributed by atoms with Crippen LogP contribution in [0.1, 0.15) is 36.5 Å². The van der Waals surface area contributed by atoms with E-state index < -0.39 is 16.6 Å². The van der Waals surface area contributed by atoms with Crippen LogP contribution in [0.15, 0.2) is 36.4 Å². The van der Waals surface area contributed by atoms with Gasteiger partial charge in [0.1, 0.15) is 11.5 Å². The Morgan fingerprint density at radius 3 is 2.21 bits per heavy atom. The van der Waals surface area contributed by atoms with Crippen molar-refractivity contribution in [2.75, 3.05) is 54.4 Å². The number of halogens is 1. The van der Waals surface area contributed by atoms with Crippen molar-refractivity contribution in [2.45, 2.75) is 26.2 Å². The number of piperazine rings is 1. The molecule has 2 aromatic rings. The van der Waals surface area contributed by atoms with Crippen molar-refractivity contribution >= 4 is 34.6 Å². The van der Waals surface area contributed by atoms with Crippen LogP contribution in [0.25, 0.3) is 0 Å². The number of nitro groups is 1. The lowest BCUT2D eigenvalue weighted by atomic mass is 10.1. The van der Waals surface area contributed by atoms with Crippen LogP contribution in [-0.4, -0.2) is 60.9 Å². The molecule has 180 valence electrons. The molecule has 0 aromatic heterocycles. The van der Waals surface area contributed by atoms with E-state index in [9.17, 15) is 24.1 Å². The first-order valence-electron chi connectivity index (χ1n) is 11.5. The van der Waals surface area contributed by atoms with Crippen molar-refractivity contribution in [1.82, 2.24) is 4.90 Å². The minimum Gasteiger partial charge on any atom is -0.370 e. The molecule has 2 aliphatic rings. The summed E-state index contributed by atoms with van der Waals surface area (Å²) >= 11 is 0. The summed E-state index contributed by atoms with van der Waals surface area (Å²) in [5.74, 6) is -1.04. The quantitative estimate of drug-likeness (QED) is 0.530. The van der Waals surface area contributed by atoms with E-state index in [4.69, 9.17) is 0 Å². The lowest BCUT2D eigenvalue weighted by Gasteiger charge is -2.35. The van der Waals surface area contributed by atoms with Gasteiger partial charge in [-0.3, -0.25) is 19.7 Å². The van der Waals surface area contributed by atoms with Crippen molar-refractivity contribution < 1.29 is 18.9 Å². The smallest absolute Gasteiger partial charge is 0.293 e. The second kappa shape index (κ2) is 10.1. The minimum absolute atomic E-state index is 0.0255. The molecule has 2 amide bonds. The first-order chi connectivity index (χ1) is 16.3. The van der Waals surface area contributed by atoms with E-state index in [0.717, 1.165) is 38.0 Å². The Morgan fingerprint density at radius 1 is 0.912 bits per heavy atom.